The van der Waals surface area contributed by atoms with E-state index in [1.165, 1.54) is 38.5 Å². The summed E-state index contributed by atoms with van der Waals surface area (Å²) in [6.45, 7) is 1.14. The van der Waals surface area contributed by atoms with Crippen LogP contribution in [0.15, 0.2) is 18.2 Å². The molecule has 3 N–H and O–H groups in total. The maximum atomic E-state index is 5.44. The zero-order valence-electron chi connectivity index (χ0n) is 10.8. The molecule has 2 fully saturated rings. The van der Waals surface area contributed by atoms with Crippen molar-refractivity contribution in [2.75, 3.05) is 16.9 Å². The van der Waals surface area contributed by atoms with Crippen LogP contribution in [0, 0.1) is 5.92 Å². The number of nitrogens with one attached hydrogen (secondary N) is 1. The highest BCUT2D eigenvalue weighted by Crippen LogP contribution is 2.37. The molecular weight excluding hydrogens is 224 g/mol. The normalized spacial score (nSPS) is 24.7. The summed E-state index contributed by atoms with van der Waals surface area (Å²) in [4.78, 5) is 7.08. The van der Waals surface area contributed by atoms with Crippen LogP contribution in [0.3, 0.4) is 0 Å². The zero-order valence-corrected chi connectivity index (χ0v) is 10.8. The smallest absolute Gasteiger partial charge is 0.142 e. The quantitative estimate of drug-likeness (QED) is 0.635. The summed E-state index contributed by atoms with van der Waals surface area (Å²) in [5, 5.41) is 0. The van der Waals surface area contributed by atoms with Crippen LogP contribution in [-0.2, 0) is 0 Å². The van der Waals surface area contributed by atoms with E-state index < -0.39 is 0 Å². The predicted molar refractivity (Wildman–Crippen MR) is 74.4 cm³/mol. The molecule has 0 bridgehead atoms. The van der Waals surface area contributed by atoms with Crippen LogP contribution < -0.4 is 16.2 Å². The number of hydrogen-bond acceptors (Lipinski definition) is 4. The van der Waals surface area contributed by atoms with Crippen LogP contribution in [0.1, 0.15) is 38.5 Å². The molecule has 1 aromatic heterocycles. The highest BCUT2D eigenvalue weighted by atomic mass is 15.3. The van der Waals surface area contributed by atoms with Crippen molar-refractivity contribution in [1.29, 1.82) is 0 Å². The second-order valence-electron chi connectivity index (χ2n) is 5.47. The largest absolute Gasteiger partial charge is 0.353 e. The molecular formula is C14H22N4. The van der Waals surface area contributed by atoms with E-state index in [-0.39, 0.29) is 0 Å². The Morgan fingerprint density at radius 1 is 1.17 bits per heavy atom. The molecule has 1 aromatic rings. The first-order valence-electron chi connectivity index (χ1n) is 7.09. The Morgan fingerprint density at radius 2 is 2.00 bits per heavy atom. The SMILES string of the molecule is NNc1cccc(N2CCCC2C2CCCC2)n1. The van der Waals surface area contributed by atoms with Crippen LogP contribution in [0.4, 0.5) is 11.6 Å². The number of rotatable bonds is 3. The molecule has 1 saturated heterocycles. The van der Waals surface area contributed by atoms with Crippen LogP contribution >= 0.6 is 0 Å². The van der Waals surface area contributed by atoms with Crippen molar-refractivity contribution in [3.63, 3.8) is 0 Å². The number of nitrogens with zero attached hydrogens (tertiary/aromatic N) is 2. The Morgan fingerprint density at radius 3 is 2.78 bits per heavy atom. The Hall–Kier alpha value is -1.29. The Balaban J connectivity index is 1.80. The number of anilines is 2. The van der Waals surface area contributed by atoms with Crippen LogP contribution in [-0.4, -0.2) is 17.6 Å². The molecule has 2 heterocycles. The van der Waals surface area contributed by atoms with Gasteiger partial charge in [-0.3, -0.25) is 0 Å². The van der Waals surface area contributed by atoms with Crippen molar-refractivity contribution in [2.45, 2.75) is 44.6 Å². The average molecular weight is 246 g/mol. The molecule has 18 heavy (non-hydrogen) atoms. The number of hydrazine groups is 1. The zero-order chi connectivity index (χ0) is 12.4. The fourth-order valence-corrected chi connectivity index (χ4v) is 3.57. The summed E-state index contributed by atoms with van der Waals surface area (Å²) in [5.74, 6) is 8.16. The van der Waals surface area contributed by atoms with E-state index in [1.807, 2.05) is 12.1 Å². The molecule has 1 saturated carbocycles. The molecule has 1 atom stereocenters. The molecule has 1 aliphatic heterocycles. The van der Waals surface area contributed by atoms with Crippen LogP contribution in [0.2, 0.25) is 0 Å². The van der Waals surface area contributed by atoms with Gasteiger partial charge in [-0.2, -0.15) is 0 Å². The molecule has 0 radical (unpaired) electrons. The lowest BCUT2D eigenvalue weighted by atomic mass is 9.96. The molecule has 4 nitrogen and oxygen atoms in total. The van der Waals surface area contributed by atoms with Gasteiger partial charge in [0.05, 0.1) is 0 Å². The van der Waals surface area contributed by atoms with Gasteiger partial charge in [0, 0.05) is 12.6 Å². The number of hydrogen-bond donors (Lipinski definition) is 2. The van der Waals surface area contributed by atoms with E-state index in [1.54, 1.807) is 0 Å². The van der Waals surface area contributed by atoms with Gasteiger partial charge in [0.1, 0.15) is 11.6 Å². The van der Waals surface area contributed by atoms with Gasteiger partial charge >= 0.3 is 0 Å². The topological polar surface area (TPSA) is 54.2 Å². The summed E-state index contributed by atoms with van der Waals surface area (Å²) in [7, 11) is 0. The van der Waals surface area contributed by atoms with Crippen molar-refractivity contribution in [3.8, 4) is 0 Å². The molecule has 1 unspecified atom stereocenters. The maximum Gasteiger partial charge on any atom is 0.142 e. The second kappa shape index (κ2) is 5.14. The van der Waals surface area contributed by atoms with E-state index >= 15 is 0 Å². The van der Waals surface area contributed by atoms with Crippen molar-refractivity contribution in [3.05, 3.63) is 18.2 Å². The van der Waals surface area contributed by atoms with E-state index in [9.17, 15) is 0 Å². The van der Waals surface area contributed by atoms with Crippen molar-refractivity contribution < 1.29 is 0 Å². The lowest BCUT2D eigenvalue weighted by molar-refractivity contribution is 0.429. The third-order valence-electron chi connectivity index (χ3n) is 4.42. The summed E-state index contributed by atoms with van der Waals surface area (Å²) >= 11 is 0. The summed E-state index contributed by atoms with van der Waals surface area (Å²) in [5.41, 5.74) is 2.64. The predicted octanol–water partition coefficient (Wildman–Crippen LogP) is 2.53. The Labute approximate surface area is 109 Å². The lowest BCUT2D eigenvalue weighted by Crippen LogP contribution is -2.35. The number of aromatic nitrogens is 1. The minimum Gasteiger partial charge on any atom is -0.353 e. The highest BCUT2D eigenvalue weighted by Gasteiger charge is 2.33. The Kier molecular flexibility index (Phi) is 3.37. The van der Waals surface area contributed by atoms with Gasteiger partial charge in [-0.15, -0.1) is 0 Å². The highest BCUT2D eigenvalue weighted by molar-refractivity contribution is 5.48. The first-order chi connectivity index (χ1) is 8.88. The van der Waals surface area contributed by atoms with Gasteiger partial charge in [-0.1, -0.05) is 18.9 Å². The molecule has 3 rings (SSSR count). The van der Waals surface area contributed by atoms with Gasteiger partial charge in [-0.05, 0) is 43.7 Å². The van der Waals surface area contributed by atoms with Crippen molar-refractivity contribution in [1.82, 2.24) is 4.98 Å². The first kappa shape index (κ1) is 11.8. The third-order valence-corrected chi connectivity index (χ3v) is 4.42. The lowest BCUT2D eigenvalue weighted by Gasteiger charge is -2.30. The number of pyridine rings is 1. The third kappa shape index (κ3) is 2.17. The second-order valence-corrected chi connectivity index (χ2v) is 5.47. The summed E-state index contributed by atoms with van der Waals surface area (Å²) in [6, 6.07) is 6.74. The van der Waals surface area contributed by atoms with Gasteiger partial charge in [0.2, 0.25) is 0 Å². The van der Waals surface area contributed by atoms with E-state index in [0.29, 0.717) is 6.04 Å². The summed E-state index contributed by atoms with van der Waals surface area (Å²) in [6.07, 6.45) is 8.24. The molecule has 0 amide bonds. The average Bonchev–Trinajstić information content (AvgIpc) is 3.09. The monoisotopic (exact) mass is 246 g/mol. The van der Waals surface area contributed by atoms with Crippen molar-refractivity contribution >= 4 is 11.6 Å². The van der Waals surface area contributed by atoms with Crippen LogP contribution in [0.5, 0.6) is 0 Å². The maximum absolute atomic E-state index is 5.44. The van der Waals surface area contributed by atoms with Crippen molar-refractivity contribution in [2.24, 2.45) is 11.8 Å². The van der Waals surface area contributed by atoms with Gasteiger partial charge in [0.25, 0.3) is 0 Å². The number of nitrogen functional groups attached to an aromatic ring is 1. The molecule has 0 aromatic carbocycles. The molecule has 4 heteroatoms. The first-order valence-corrected chi connectivity index (χ1v) is 7.09. The van der Waals surface area contributed by atoms with Gasteiger partial charge in [0.15, 0.2) is 0 Å². The van der Waals surface area contributed by atoms with Gasteiger partial charge < -0.3 is 10.3 Å². The standard InChI is InChI=1S/C14H22N4/c15-17-13-8-3-9-14(16-13)18-10-4-7-12(18)11-5-1-2-6-11/h3,8-9,11-12H,1-2,4-7,10,15H2,(H,16,17). The minimum absolute atomic E-state index is 0.702. The molecule has 0 spiro atoms. The molecule has 98 valence electrons. The Bertz CT molecular complexity index is 401. The minimum atomic E-state index is 0.702. The fourth-order valence-electron chi connectivity index (χ4n) is 3.57. The van der Waals surface area contributed by atoms with E-state index in [4.69, 9.17) is 5.84 Å². The van der Waals surface area contributed by atoms with Crippen LogP contribution in [0.25, 0.3) is 0 Å². The fraction of sp³-hybridized carbons (Fsp3) is 0.643. The van der Waals surface area contributed by atoms with E-state index in [0.717, 1.165) is 24.1 Å². The number of nitrogens with two attached hydrogens (primary N) is 1. The summed E-state index contributed by atoms with van der Waals surface area (Å²) < 4.78 is 0. The van der Waals surface area contributed by atoms with Gasteiger partial charge in [-0.25, -0.2) is 10.8 Å². The molecule has 1 aliphatic carbocycles. The molecule has 2 aliphatic rings. The van der Waals surface area contributed by atoms with E-state index in [2.05, 4.69) is 21.4 Å².